The molecule has 7 amide bonds. The highest BCUT2D eigenvalue weighted by Crippen LogP contribution is 2.21. The number of carbonyl (C=O) groups is 7. The number of aromatic nitrogens is 24. The number of unbranched alkanes of at least 4 members (excludes halogenated alkanes) is 1. The van der Waals surface area contributed by atoms with E-state index in [1.54, 1.807) is 0 Å². The lowest BCUT2D eigenvalue weighted by atomic mass is 10.1. The van der Waals surface area contributed by atoms with Gasteiger partial charge in [-0.15, -0.1) is 0 Å². The van der Waals surface area contributed by atoms with Crippen molar-refractivity contribution in [2.45, 2.75) is 101 Å². The molecule has 0 spiro atoms. The number of primary amides is 1. The van der Waals surface area contributed by atoms with Gasteiger partial charge in [-0.3, -0.25) is 77.8 Å². The summed E-state index contributed by atoms with van der Waals surface area (Å²) in [5, 5.41) is 15.2. The average molecular weight is 1470 g/mol. The molecule has 12 heterocycles. The molecule has 0 unspecified atom stereocenters. The van der Waals surface area contributed by atoms with E-state index in [0.29, 0.717) is 6.42 Å². The molecule has 7 atom stereocenters. The molecule has 0 radical (unpaired) electrons. The lowest BCUT2D eigenvalue weighted by Crippen LogP contribution is -2.62. The Labute approximate surface area is 583 Å². The van der Waals surface area contributed by atoms with Crippen LogP contribution in [-0.2, 0) is 72.8 Å². The van der Waals surface area contributed by atoms with Crippen LogP contribution < -0.4 is 117 Å². The van der Waals surface area contributed by atoms with Crippen molar-refractivity contribution in [2.75, 3.05) is 40.9 Å². The van der Waals surface area contributed by atoms with Crippen molar-refractivity contribution in [1.82, 2.24) is 149 Å². The second-order valence-electron chi connectivity index (χ2n) is 23.8. The van der Waals surface area contributed by atoms with Gasteiger partial charge in [0.1, 0.15) is 75.8 Å². The number of H-pyrrole nitrogens is 6. The second kappa shape index (κ2) is 29.0. The summed E-state index contributed by atoms with van der Waals surface area (Å²) in [6.45, 7) is -3.87. The molecule has 30 N–H and O–H groups in total. The van der Waals surface area contributed by atoms with Crippen molar-refractivity contribution in [2.24, 2.45) is 17.2 Å². The first-order chi connectivity index (χ1) is 50.6. The largest absolute Gasteiger partial charge is 0.382 e. The summed E-state index contributed by atoms with van der Waals surface area (Å²) >= 11 is 0. The number of nitrogens with two attached hydrogens (primary N) is 9. The van der Waals surface area contributed by atoms with Crippen molar-refractivity contribution in [3.8, 4) is 0 Å². The van der Waals surface area contributed by atoms with Gasteiger partial charge in [0.2, 0.25) is 59.2 Å². The molecule has 0 aromatic carbocycles. The maximum atomic E-state index is 15.7. The van der Waals surface area contributed by atoms with Crippen LogP contribution in [0.1, 0.15) is 19.3 Å². The van der Waals surface area contributed by atoms with Gasteiger partial charge in [-0.25, -0.2) is 44.3 Å². The molecule has 0 aliphatic carbocycles. The van der Waals surface area contributed by atoms with Crippen molar-refractivity contribution >= 4 is 144 Å². The summed E-state index contributed by atoms with van der Waals surface area (Å²) < 4.78 is 6.96. The first-order valence-electron chi connectivity index (χ1n) is 31.4. The van der Waals surface area contributed by atoms with Crippen LogP contribution >= 0.6 is 0 Å². The third-order valence-corrected chi connectivity index (χ3v) is 16.5. The topological polar surface area (TPSA) is 807 Å². The Hall–Kier alpha value is -14.9. The number of anilines is 6. The molecule has 12 aromatic rings. The number of carbonyl (C=O) groups excluding carboxylic acids is 7. The zero-order valence-electron chi connectivity index (χ0n) is 54.6. The van der Waals surface area contributed by atoms with Gasteiger partial charge in [0.05, 0.1) is 70.7 Å². The average Bonchev–Trinajstić information content (AvgIpc) is 1.64. The van der Waals surface area contributed by atoms with Crippen LogP contribution in [0.15, 0.2) is 66.7 Å². The molecule has 0 bridgehead atoms. The fourth-order valence-electron chi connectivity index (χ4n) is 11.4. The van der Waals surface area contributed by atoms with Crippen LogP contribution in [0.2, 0.25) is 0 Å². The first kappa shape index (κ1) is 71.0. The predicted octanol–water partition coefficient (Wildman–Crippen LogP) is -11.9. The van der Waals surface area contributed by atoms with Gasteiger partial charge in [-0.05, 0) is 25.8 Å². The Bertz CT molecular complexity index is 5880. The van der Waals surface area contributed by atoms with E-state index in [0.717, 1.165) is 39.0 Å². The van der Waals surface area contributed by atoms with Crippen LogP contribution in [0.3, 0.4) is 0 Å². The smallest absolute Gasteiger partial charge is 0.327 e. The van der Waals surface area contributed by atoms with Gasteiger partial charge >= 0.3 is 17.1 Å². The zero-order valence-corrected chi connectivity index (χ0v) is 54.6. The molecular weight excluding hydrogens is 1400 g/mol. The number of hydrogen-bond acceptors (Lipinski definition) is 33. The molecule has 52 nitrogen and oxygen atoms in total. The van der Waals surface area contributed by atoms with E-state index >= 15 is 19.2 Å². The SMILES string of the molecule is NCCCC[C@H](NC(=O)[C@@H](Cn1cnc2c(=O)[nH]c(=O)[nH]c21)NC(=O)[C@H](Cn1cnc2c(=O)[nH]c(=O)[nH]c21)NC(=O)[C@@H](Cn1cnc2c(N)nc(N)nc21)NC(=O)[C@H](Cn1cnc2c(=O)[nH]c(=O)[nH]c21)NC(=O)[C@@H](Cn1cnc2c(N)nc(N)nc21)NC(=O)[C@@H](N)Cn1cnc2c(N)nc(N)nc21)C(N)=O. The number of rotatable bonds is 29. The van der Waals surface area contributed by atoms with Crippen molar-refractivity contribution in [3.63, 3.8) is 0 Å². The molecule has 0 saturated carbocycles. The molecule has 0 aliphatic rings. The van der Waals surface area contributed by atoms with E-state index in [-0.39, 0.29) is 122 Å². The highest BCUT2D eigenvalue weighted by Gasteiger charge is 2.37. The molecule has 12 rings (SSSR count). The van der Waals surface area contributed by atoms with Gasteiger partial charge in [0.25, 0.3) is 16.7 Å². The van der Waals surface area contributed by atoms with Gasteiger partial charge < -0.3 is 111 Å². The lowest BCUT2D eigenvalue weighted by molar-refractivity contribution is -0.136. The summed E-state index contributed by atoms with van der Waals surface area (Å²) in [5.74, 6) is -9.75. The van der Waals surface area contributed by atoms with Gasteiger partial charge in [-0.1, -0.05) is 0 Å². The summed E-state index contributed by atoms with van der Waals surface area (Å²) in [7, 11) is 0. The summed E-state index contributed by atoms with van der Waals surface area (Å²) in [4.78, 5) is 244. The van der Waals surface area contributed by atoms with Crippen LogP contribution in [0.4, 0.5) is 35.3 Å². The molecule has 0 fully saturated rings. The van der Waals surface area contributed by atoms with Crippen LogP contribution in [0.25, 0.3) is 67.0 Å². The standard InChI is InChI=1S/C54H63N39O13/c55-4-2-1-3-18(33(60)94)70-41(96)20(8-91-14-67-27-37(91)82-52(104)85-46(27)101)72-44(99)23(10-93-16-69-29-39(93)84-54(106)87-48(29)103)75-43(98)21(7-90-13-66-26-32(59)78-51(63)81-36(26)90)74-45(100)22(9-92-15-68-28-38(92)83-53(105)86-47(28)102)73-42(97)19(6-89-12-65-25-31(58)77-50(62)80-35(25)89)71-40(95)17(56)5-88-11-64-24-30(57)76-49(61)79-34(24)88/h11-23H,1-10,55-56H2,(H2,60,94)(H,70,96)(H,71,95)(H,72,99)(H,73,97)(H,74,100)(H,75,98)(H4,57,61,76,79)(H4,58,62,77,80)(H4,59,63,78,81)(H2,82,85,101,104)(H2,83,86,102,105)(H2,84,87,103,106)/t17-,18-,19+,20+,21+,22-,23-/m0/s1. The number of nitrogens with one attached hydrogen (secondary N) is 12. The molecule has 0 aliphatic heterocycles. The Balaban J connectivity index is 0.929. The van der Waals surface area contributed by atoms with Crippen LogP contribution in [-0.4, -0.2) is 207 Å². The molecule has 552 valence electrons. The third kappa shape index (κ3) is 14.8. The lowest BCUT2D eigenvalue weighted by Gasteiger charge is -2.28. The van der Waals surface area contributed by atoms with Gasteiger partial charge in [0.15, 0.2) is 50.9 Å². The van der Waals surface area contributed by atoms with E-state index in [9.17, 15) is 43.2 Å². The normalized spacial score (nSPS) is 13.7. The number of imidazole rings is 6. The first-order valence-corrected chi connectivity index (χ1v) is 31.4. The van der Waals surface area contributed by atoms with Crippen molar-refractivity contribution < 1.29 is 33.6 Å². The number of aromatic amines is 6. The maximum Gasteiger partial charge on any atom is 0.327 e. The fourth-order valence-corrected chi connectivity index (χ4v) is 11.4. The van der Waals surface area contributed by atoms with E-state index in [1.165, 1.54) is 26.4 Å². The van der Waals surface area contributed by atoms with Crippen LogP contribution in [0.5, 0.6) is 0 Å². The zero-order chi connectivity index (χ0) is 75.7. The number of nitrogens with zero attached hydrogens (tertiary/aromatic N) is 18. The number of amides is 7. The fraction of sp³-hybridized carbons (Fsp3) is 0.315. The minimum Gasteiger partial charge on any atom is -0.382 e. The number of hydrogen-bond donors (Lipinski definition) is 21. The highest BCUT2D eigenvalue weighted by atomic mass is 16.2. The molecule has 106 heavy (non-hydrogen) atoms. The Kier molecular flexibility index (Phi) is 19.4. The third-order valence-electron chi connectivity index (χ3n) is 16.5. The van der Waals surface area contributed by atoms with E-state index in [2.05, 4.69) is 107 Å². The minimum absolute atomic E-state index is 0.00118. The van der Waals surface area contributed by atoms with E-state index in [4.69, 9.17) is 51.6 Å². The Morgan fingerprint density at radius 2 is 0.632 bits per heavy atom. The van der Waals surface area contributed by atoms with E-state index in [1.807, 2.05) is 15.0 Å². The van der Waals surface area contributed by atoms with Gasteiger partial charge in [-0.2, -0.15) is 29.9 Å². The number of nitrogen functional groups attached to an aromatic ring is 6. The molecule has 12 aromatic heterocycles. The Morgan fingerprint density at radius 3 is 0.943 bits per heavy atom. The maximum absolute atomic E-state index is 15.7. The summed E-state index contributed by atoms with van der Waals surface area (Å²) in [6, 6.07) is -12.8. The second-order valence-corrected chi connectivity index (χ2v) is 23.8. The summed E-state index contributed by atoms with van der Waals surface area (Å²) in [5.41, 5.74) is 46.2. The highest BCUT2D eigenvalue weighted by molar-refractivity contribution is 5.98. The summed E-state index contributed by atoms with van der Waals surface area (Å²) in [6.07, 6.45) is 7.21. The quantitative estimate of drug-likeness (QED) is 0.0194. The Morgan fingerprint density at radius 1 is 0.358 bits per heavy atom. The van der Waals surface area contributed by atoms with Crippen molar-refractivity contribution in [1.29, 1.82) is 0 Å². The van der Waals surface area contributed by atoms with E-state index < -0.39 is 156 Å². The minimum atomic E-state index is -2.06. The predicted molar refractivity (Wildman–Crippen MR) is 367 cm³/mol. The number of fused-ring (bicyclic) bond motifs is 6. The monoisotopic (exact) mass is 1470 g/mol. The molecule has 52 heteroatoms. The molecule has 0 saturated heterocycles. The van der Waals surface area contributed by atoms with Gasteiger partial charge in [0, 0.05) is 6.54 Å². The van der Waals surface area contributed by atoms with Crippen molar-refractivity contribution in [3.05, 3.63) is 100 Å². The molecular formula is C54H63N39O13. The van der Waals surface area contributed by atoms with Crippen LogP contribution in [0, 0.1) is 0 Å².